The quantitative estimate of drug-likeness (QED) is 0.446. The van der Waals surface area contributed by atoms with Crippen LogP contribution in [-0.4, -0.2) is 67.0 Å². The van der Waals surface area contributed by atoms with Gasteiger partial charge in [0.25, 0.3) is 0 Å². The molecule has 0 radical (unpaired) electrons. The van der Waals surface area contributed by atoms with Gasteiger partial charge in [0.05, 0.1) is 19.6 Å². The predicted molar refractivity (Wildman–Crippen MR) is 110 cm³/mol. The van der Waals surface area contributed by atoms with E-state index in [4.69, 9.17) is 4.99 Å². The molecule has 2 aliphatic heterocycles. The third-order valence-electron chi connectivity index (χ3n) is 5.64. The molecule has 7 heteroatoms. The summed E-state index contributed by atoms with van der Waals surface area (Å²) in [7, 11) is 0. The summed E-state index contributed by atoms with van der Waals surface area (Å²) in [5, 5.41) is 5.91. The molecule has 0 bridgehead atoms. The highest BCUT2D eigenvalue weighted by Crippen LogP contribution is 2.34. The fourth-order valence-electron chi connectivity index (χ4n) is 4.14. The summed E-state index contributed by atoms with van der Waals surface area (Å²) in [6.07, 6.45) is 2.22. The smallest absolute Gasteiger partial charge is 0.324 e. The Bertz CT molecular complexity index is 690. The maximum atomic E-state index is 11.7. The number of urea groups is 1. The number of piperidine rings is 1. The van der Waals surface area contributed by atoms with Crippen molar-refractivity contribution in [2.45, 2.75) is 32.6 Å². The second-order valence-corrected chi connectivity index (χ2v) is 7.36. The Morgan fingerprint density at radius 1 is 1.25 bits per heavy atom. The number of benzene rings is 1. The van der Waals surface area contributed by atoms with E-state index in [1.807, 2.05) is 0 Å². The zero-order chi connectivity index (χ0) is 19.9. The monoisotopic (exact) mass is 385 g/mol. The molecular weight excluding hydrogens is 354 g/mol. The Morgan fingerprint density at radius 3 is 2.68 bits per heavy atom. The average molecular weight is 386 g/mol. The number of nitrogens with zero attached hydrogens (tertiary/aromatic N) is 3. The molecule has 0 aromatic heterocycles. The lowest BCUT2D eigenvalue weighted by Gasteiger charge is -2.40. The molecule has 1 aromatic carbocycles. The first-order chi connectivity index (χ1) is 13.6. The van der Waals surface area contributed by atoms with Crippen LogP contribution in [-0.2, 0) is 4.79 Å². The number of likely N-dealkylation sites (tertiary alicyclic amines) is 1. The van der Waals surface area contributed by atoms with E-state index in [1.54, 1.807) is 0 Å². The van der Waals surface area contributed by atoms with E-state index in [-0.39, 0.29) is 18.5 Å². The highest BCUT2D eigenvalue weighted by Gasteiger charge is 2.31. The van der Waals surface area contributed by atoms with Gasteiger partial charge in [-0.15, -0.1) is 0 Å². The van der Waals surface area contributed by atoms with Crippen LogP contribution in [0.2, 0.25) is 0 Å². The molecular formula is C21H31N5O2. The van der Waals surface area contributed by atoms with Crippen LogP contribution in [0.3, 0.4) is 0 Å². The van der Waals surface area contributed by atoms with Crippen LogP contribution in [0.4, 0.5) is 4.79 Å². The molecule has 7 nitrogen and oxygen atoms in total. The maximum absolute atomic E-state index is 11.7. The standard InChI is InChI=1S/C21H31N5O2/c1-3-16-15-25(12-10-18(16)17-8-6-5-7-9-17)20(22-4-2)23-11-13-26-19(27)14-24-21(26)28/h5-9,16,18H,3-4,10-15H2,1-2H3,(H,22,23)(H,24,28). The topological polar surface area (TPSA) is 77.0 Å². The largest absolute Gasteiger partial charge is 0.357 e. The maximum Gasteiger partial charge on any atom is 0.324 e. The number of guanidine groups is 1. The van der Waals surface area contributed by atoms with Crippen LogP contribution >= 0.6 is 0 Å². The number of nitrogens with one attached hydrogen (secondary N) is 2. The summed E-state index contributed by atoms with van der Waals surface area (Å²) in [5.41, 5.74) is 1.43. The van der Waals surface area contributed by atoms with E-state index < -0.39 is 0 Å². The van der Waals surface area contributed by atoms with Crippen molar-refractivity contribution in [1.29, 1.82) is 0 Å². The van der Waals surface area contributed by atoms with Crippen LogP contribution in [0, 0.1) is 5.92 Å². The summed E-state index contributed by atoms with van der Waals surface area (Å²) in [5.74, 6) is 1.85. The van der Waals surface area contributed by atoms with Gasteiger partial charge in [0.1, 0.15) is 0 Å². The van der Waals surface area contributed by atoms with Gasteiger partial charge in [-0.3, -0.25) is 14.7 Å². The van der Waals surface area contributed by atoms with Gasteiger partial charge in [-0.1, -0.05) is 43.7 Å². The van der Waals surface area contributed by atoms with Gasteiger partial charge >= 0.3 is 6.03 Å². The van der Waals surface area contributed by atoms with Crippen molar-refractivity contribution in [1.82, 2.24) is 20.4 Å². The second kappa shape index (κ2) is 9.57. The molecule has 2 atom stereocenters. The van der Waals surface area contributed by atoms with Gasteiger partial charge in [-0.2, -0.15) is 0 Å². The van der Waals surface area contributed by atoms with Gasteiger partial charge < -0.3 is 15.5 Å². The van der Waals surface area contributed by atoms with Gasteiger partial charge in [0, 0.05) is 19.6 Å². The Kier molecular flexibility index (Phi) is 6.90. The van der Waals surface area contributed by atoms with Crippen LogP contribution < -0.4 is 10.6 Å². The van der Waals surface area contributed by atoms with Crippen LogP contribution in [0.25, 0.3) is 0 Å². The SMILES string of the molecule is CCNC(=NCCN1C(=O)CNC1=O)N1CCC(c2ccccc2)C(CC)C1. The summed E-state index contributed by atoms with van der Waals surface area (Å²) in [6, 6.07) is 10.5. The van der Waals surface area contributed by atoms with E-state index in [2.05, 4.69) is 59.7 Å². The third kappa shape index (κ3) is 4.64. The number of rotatable bonds is 6. The summed E-state index contributed by atoms with van der Waals surface area (Å²) >= 11 is 0. The van der Waals surface area contributed by atoms with Crippen molar-refractivity contribution in [3.8, 4) is 0 Å². The molecule has 1 aromatic rings. The normalized spacial score (nSPS) is 23.1. The molecule has 3 rings (SSSR count). The number of carbonyl (C=O) groups is 2. The zero-order valence-electron chi connectivity index (χ0n) is 16.9. The lowest BCUT2D eigenvalue weighted by Crippen LogP contribution is -2.48. The molecule has 28 heavy (non-hydrogen) atoms. The Hall–Kier alpha value is -2.57. The lowest BCUT2D eigenvalue weighted by atomic mass is 9.79. The van der Waals surface area contributed by atoms with E-state index >= 15 is 0 Å². The van der Waals surface area contributed by atoms with Crippen LogP contribution in [0.1, 0.15) is 38.2 Å². The van der Waals surface area contributed by atoms with Crippen molar-refractivity contribution in [3.63, 3.8) is 0 Å². The van der Waals surface area contributed by atoms with Gasteiger partial charge in [0.2, 0.25) is 5.91 Å². The molecule has 2 N–H and O–H groups in total. The minimum Gasteiger partial charge on any atom is -0.357 e. The predicted octanol–water partition coefficient (Wildman–Crippen LogP) is 2.02. The molecule has 3 amide bonds. The molecule has 2 fully saturated rings. The lowest BCUT2D eigenvalue weighted by molar-refractivity contribution is -0.124. The molecule has 2 aliphatic rings. The first kappa shape index (κ1) is 20.2. The fraction of sp³-hybridized carbons (Fsp3) is 0.571. The number of amides is 3. The Balaban J connectivity index is 1.63. The zero-order valence-corrected chi connectivity index (χ0v) is 16.9. The van der Waals surface area contributed by atoms with E-state index in [0.29, 0.717) is 24.9 Å². The first-order valence-corrected chi connectivity index (χ1v) is 10.3. The van der Waals surface area contributed by atoms with Crippen LogP contribution in [0.5, 0.6) is 0 Å². The molecule has 0 spiro atoms. The summed E-state index contributed by atoms with van der Waals surface area (Å²) in [4.78, 5) is 31.6. The third-order valence-corrected chi connectivity index (χ3v) is 5.64. The first-order valence-electron chi connectivity index (χ1n) is 10.3. The van der Waals surface area contributed by atoms with Gasteiger partial charge in [-0.05, 0) is 30.7 Å². The molecule has 2 heterocycles. The number of imide groups is 1. The number of carbonyl (C=O) groups excluding carboxylic acids is 2. The van der Waals surface area contributed by atoms with Crippen molar-refractivity contribution >= 4 is 17.9 Å². The highest BCUT2D eigenvalue weighted by molar-refractivity contribution is 6.01. The average Bonchev–Trinajstić information content (AvgIpc) is 3.05. The molecule has 152 valence electrons. The van der Waals surface area contributed by atoms with Crippen molar-refractivity contribution in [3.05, 3.63) is 35.9 Å². The molecule has 2 unspecified atom stereocenters. The second-order valence-electron chi connectivity index (χ2n) is 7.36. The molecule has 0 aliphatic carbocycles. The number of hydrogen-bond acceptors (Lipinski definition) is 3. The minimum atomic E-state index is -0.320. The van der Waals surface area contributed by atoms with Crippen molar-refractivity contribution < 1.29 is 9.59 Å². The van der Waals surface area contributed by atoms with Gasteiger partial charge in [0.15, 0.2) is 5.96 Å². The summed E-state index contributed by atoms with van der Waals surface area (Å²) < 4.78 is 0. The Labute approximate surface area is 167 Å². The fourth-order valence-corrected chi connectivity index (χ4v) is 4.14. The van der Waals surface area contributed by atoms with E-state index in [0.717, 1.165) is 38.4 Å². The summed E-state index contributed by atoms with van der Waals surface area (Å²) in [6.45, 7) is 7.84. The van der Waals surface area contributed by atoms with Crippen molar-refractivity contribution in [2.24, 2.45) is 10.9 Å². The van der Waals surface area contributed by atoms with Gasteiger partial charge in [-0.25, -0.2) is 4.79 Å². The van der Waals surface area contributed by atoms with Crippen molar-refractivity contribution in [2.75, 3.05) is 39.3 Å². The van der Waals surface area contributed by atoms with Crippen LogP contribution in [0.15, 0.2) is 35.3 Å². The molecule has 2 saturated heterocycles. The highest BCUT2D eigenvalue weighted by atomic mass is 16.2. The van der Waals surface area contributed by atoms with E-state index in [9.17, 15) is 9.59 Å². The number of hydrogen-bond donors (Lipinski definition) is 2. The number of aliphatic imine (C=N–C) groups is 1. The molecule has 0 saturated carbocycles. The minimum absolute atomic E-state index is 0.0911. The Morgan fingerprint density at radius 2 is 2.04 bits per heavy atom. The van der Waals surface area contributed by atoms with E-state index in [1.165, 1.54) is 10.5 Å².